The van der Waals surface area contributed by atoms with Crippen LogP contribution in [0.5, 0.6) is 0 Å². The predicted octanol–water partition coefficient (Wildman–Crippen LogP) is 3.47. The second-order valence-electron chi connectivity index (χ2n) is 3.37. The summed E-state index contributed by atoms with van der Waals surface area (Å²) in [5.74, 6) is 0. The van der Waals surface area contributed by atoms with Gasteiger partial charge < -0.3 is 0 Å². The molecule has 0 saturated heterocycles. The Bertz CT molecular complexity index is 84.7. The summed E-state index contributed by atoms with van der Waals surface area (Å²) in [4.78, 5) is 2.60. The maximum absolute atomic E-state index is 2.60. The van der Waals surface area contributed by atoms with Crippen LogP contribution < -0.4 is 0 Å². The van der Waals surface area contributed by atoms with E-state index in [2.05, 4.69) is 11.8 Å². The Balaban J connectivity index is 2.24. The van der Waals surface area contributed by atoms with Crippen LogP contribution in [-0.4, -0.2) is 20.2 Å². The zero-order chi connectivity index (χ0) is 7.40. The minimum absolute atomic E-state index is 0.662. The third-order valence-electron chi connectivity index (χ3n) is 2.70. The van der Waals surface area contributed by atoms with Crippen molar-refractivity contribution >= 4 is 20.2 Å². The van der Waals surface area contributed by atoms with Gasteiger partial charge in [0, 0.05) is 0 Å². The third kappa shape index (κ3) is 2.45. The molecule has 0 N–H and O–H groups in total. The molecule has 0 atom stereocenters. The van der Waals surface area contributed by atoms with Gasteiger partial charge in [-0.3, -0.25) is 0 Å². The molecule has 0 amide bonds. The van der Waals surface area contributed by atoms with Crippen LogP contribution in [0.2, 0.25) is 13.1 Å². The fourth-order valence-electron chi connectivity index (χ4n) is 1.78. The van der Waals surface area contributed by atoms with Crippen LogP contribution in [0.4, 0.5) is 0 Å². The summed E-state index contributed by atoms with van der Waals surface area (Å²) in [5, 5.41) is 0. The predicted molar refractivity (Wildman–Crippen MR) is 48.9 cm³/mol. The van der Waals surface area contributed by atoms with Gasteiger partial charge in [-0.25, -0.2) is 0 Å². The molecule has 60 valence electrons. The molecule has 0 aliphatic heterocycles. The second-order valence-corrected chi connectivity index (χ2v) is 11.6. The molecule has 0 nitrogen and oxygen atoms in total. The van der Waals surface area contributed by atoms with Gasteiger partial charge in [0.25, 0.3) is 0 Å². The molecule has 10 heavy (non-hydrogen) atoms. The van der Waals surface area contributed by atoms with E-state index in [1.165, 1.54) is 10.3 Å². The van der Waals surface area contributed by atoms with Gasteiger partial charge in [0.2, 0.25) is 0 Å². The Kier molecular flexibility index (Phi) is 4.14. The summed E-state index contributed by atoms with van der Waals surface area (Å²) in [7, 11) is 0. The summed E-state index contributed by atoms with van der Waals surface area (Å²) in [6.45, 7) is 2.40. The van der Waals surface area contributed by atoms with Crippen molar-refractivity contribution in [3.8, 4) is 0 Å². The zero-order valence-electron chi connectivity index (χ0n) is 7.27. The van der Waals surface area contributed by atoms with E-state index in [9.17, 15) is 0 Å². The Labute approximate surface area is 72.3 Å². The van der Waals surface area contributed by atoms with Gasteiger partial charge >= 0.3 is 72.3 Å². The summed E-state index contributed by atoms with van der Waals surface area (Å²) < 4.78 is 2.81. The van der Waals surface area contributed by atoms with E-state index in [4.69, 9.17) is 0 Å². The van der Waals surface area contributed by atoms with Crippen LogP contribution in [0.15, 0.2) is 0 Å². The third-order valence-corrected chi connectivity index (χ3v) is 10.6. The van der Waals surface area contributed by atoms with Crippen molar-refractivity contribution < 1.29 is 0 Å². The average molecular weight is 249 g/mol. The van der Waals surface area contributed by atoms with Crippen molar-refractivity contribution in [3.63, 3.8) is 0 Å². The van der Waals surface area contributed by atoms with Crippen molar-refractivity contribution in [3.05, 3.63) is 0 Å². The topological polar surface area (TPSA) is 0 Å². The molecule has 0 bridgehead atoms. The first-order valence-electron chi connectivity index (χ1n) is 4.55. The molecule has 1 rings (SSSR count). The molecular weight excluding hydrogens is 230 g/mol. The normalized spacial score (nSPS) is 21.9. The monoisotopic (exact) mass is 248 g/mol. The quantitative estimate of drug-likeness (QED) is 0.657. The minimum atomic E-state index is -0.662. The maximum atomic E-state index is 2.60. The van der Waals surface area contributed by atoms with Gasteiger partial charge in [-0.15, -0.1) is 0 Å². The second kappa shape index (κ2) is 4.65. The molecule has 0 radical (unpaired) electrons. The molecule has 0 aromatic carbocycles. The first kappa shape index (κ1) is 8.91. The number of hydrogen-bond donors (Lipinski definition) is 0. The van der Waals surface area contributed by atoms with E-state index >= 15 is 0 Å². The van der Waals surface area contributed by atoms with E-state index < -0.39 is 20.2 Å². The van der Waals surface area contributed by atoms with Crippen LogP contribution in [0.3, 0.4) is 0 Å². The first-order valence-corrected chi connectivity index (χ1v) is 10.4. The molecule has 0 aromatic rings. The molecule has 1 aliphatic carbocycles. The molecule has 1 fully saturated rings. The van der Waals surface area contributed by atoms with Gasteiger partial charge in [-0.05, 0) is 0 Å². The van der Waals surface area contributed by atoms with Gasteiger partial charge in [0.15, 0.2) is 0 Å². The number of hydrogen-bond acceptors (Lipinski definition) is 0. The van der Waals surface area contributed by atoms with Gasteiger partial charge in [0.1, 0.15) is 0 Å². The molecular formula is C9H19Sb. The van der Waals surface area contributed by atoms with E-state index in [0.717, 1.165) is 0 Å². The summed E-state index contributed by atoms with van der Waals surface area (Å²) >= 11 is -0.662. The van der Waals surface area contributed by atoms with Crippen molar-refractivity contribution in [1.29, 1.82) is 0 Å². The van der Waals surface area contributed by atoms with Gasteiger partial charge in [-0.2, -0.15) is 0 Å². The molecule has 1 heteroatoms. The number of rotatable bonds is 2. The van der Waals surface area contributed by atoms with Crippen LogP contribution >= 0.6 is 0 Å². The molecule has 0 heterocycles. The fraction of sp³-hybridized carbons (Fsp3) is 1.00. The fourth-order valence-corrected chi connectivity index (χ4v) is 6.81. The van der Waals surface area contributed by atoms with E-state index in [0.29, 0.717) is 0 Å². The zero-order valence-corrected chi connectivity index (χ0v) is 9.82. The van der Waals surface area contributed by atoms with E-state index in [-0.39, 0.29) is 0 Å². The Morgan fingerprint density at radius 1 is 1.20 bits per heavy atom. The first-order chi connectivity index (χ1) is 4.84. The van der Waals surface area contributed by atoms with Crippen LogP contribution in [0.25, 0.3) is 0 Å². The SMILES string of the molecule is C[CH2][Sb]([CH3])[CH]1CCCCC1. The molecule has 1 saturated carbocycles. The van der Waals surface area contributed by atoms with Gasteiger partial charge in [0.05, 0.1) is 0 Å². The van der Waals surface area contributed by atoms with E-state index in [1.807, 2.05) is 0 Å². The van der Waals surface area contributed by atoms with Crippen LogP contribution in [0.1, 0.15) is 39.0 Å². The average Bonchev–Trinajstić information content (AvgIpc) is 2.05. The summed E-state index contributed by atoms with van der Waals surface area (Å²) in [6.07, 6.45) is 7.78. The van der Waals surface area contributed by atoms with Gasteiger partial charge in [-0.1, -0.05) is 0 Å². The molecule has 0 spiro atoms. The van der Waals surface area contributed by atoms with Crippen LogP contribution in [0, 0.1) is 0 Å². The van der Waals surface area contributed by atoms with Crippen LogP contribution in [-0.2, 0) is 0 Å². The molecule has 0 aromatic heterocycles. The summed E-state index contributed by atoms with van der Waals surface area (Å²) in [6, 6.07) is 0. The Hall–Kier alpha value is 0.818. The Morgan fingerprint density at radius 3 is 2.30 bits per heavy atom. The summed E-state index contributed by atoms with van der Waals surface area (Å²) in [5.41, 5.74) is 0. The van der Waals surface area contributed by atoms with E-state index in [1.54, 1.807) is 30.1 Å². The van der Waals surface area contributed by atoms with Crippen molar-refractivity contribution in [2.24, 2.45) is 0 Å². The standard InChI is InChI=1S/C6H11.C2H5.CH3.Sb/c1-2-4-6-5-3-1;1-2;;/h1H,2-6H2;1H2,2H3;1H3;. The molecule has 0 unspecified atom stereocenters. The van der Waals surface area contributed by atoms with Crippen molar-refractivity contribution in [2.75, 3.05) is 0 Å². The van der Waals surface area contributed by atoms with Crippen molar-refractivity contribution in [1.82, 2.24) is 0 Å². The molecule has 1 aliphatic rings. The van der Waals surface area contributed by atoms with Crippen molar-refractivity contribution in [2.45, 2.75) is 52.1 Å². The Morgan fingerprint density at radius 2 is 1.80 bits per heavy atom.